The molecule has 0 unspecified atom stereocenters. The van der Waals surface area contributed by atoms with Gasteiger partial charge >= 0.3 is 0 Å². The zero-order valence-corrected chi connectivity index (χ0v) is 17.4. The van der Waals surface area contributed by atoms with Crippen molar-refractivity contribution < 1.29 is 17.9 Å². The fraction of sp³-hybridized carbons (Fsp3) is 0.150. The van der Waals surface area contributed by atoms with Gasteiger partial charge in [-0.15, -0.1) is 11.3 Å². The van der Waals surface area contributed by atoms with E-state index in [-0.39, 0.29) is 17.3 Å². The zero-order valence-electron chi connectivity index (χ0n) is 15.0. The van der Waals surface area contributed by atoms with Crippen LogP contribution >= 0.6 is 22.9 Å². The van der Waals surface area contributed by atoms with E-state index in [0.29, 0.717) is 21.2 Å². The summed E-state index contributed by atoms with van der Waals surface area (Å²) in [6, 6.07) is 16.3. The van der Waals surface area contributed by atoms with Crippen LogP contribution in [0.5, 0.6) is 5.75 Å². The number of ether oxygens (including phenoxy) is 1. The first-order valence-electron chi connectivity index (χ1n) is 8.37. The van der Waals surface area contributed by atoms with Crippen molar-refractivity contribution in [1.82, 2.24) is 5.32 Å². The molecule has 0 spiro atoms. The lowest BCUT2D eigenvalue weighted by Crippen LogP contribution is -2.31. The summed E-state index contributed by atoms with van der Waals surface area (Å²) in [5.41, 5.74) is 0.374. The molecule has 0 saturated heterocycles. The largest absolute Gasteiger partial charge is 0.497 e. The monoisotopic (exact) mass is 435 g/mol. The first-order valence-corrected chi connectivity index (χ1v) is 11.2. The molecule has 1 amide bonds. The van der Waals surface area contributed by atoms with Crippen molar-refractivity contribution in [3.05, 3.63) is 81.5 Å². The standard InChI is InChI=1S/C20H18ClNO4S2/c1-26-16-7-9-17(10-8-16)28(24,25)19(18-6-3-11-27-18)13-22-20(23)14-4-2-5-15(21)12-14/h2-12,19H,13H2,1H3,(H,22,23)/t19-/m0/s1. The first kappa shape index (κ1) is 20.4. The van der Waals surface area contributed by atoms with Crippen molar-refractivity contribution in [1.29, 1.82) is 0 Å². The molecule has 1 heterocycles. The van der Waals surface area contributed by atoms with E-state index in [2.05, 4.69) is 5.32 Å². The molecule has 146 valence electrons. The maximum absolute atomic E-state index is 13.2. The van der Waals surface area contributed by atoms with Gasteiger partial charge in [-0.1, -0.05) is 23.7 Å². The molecule has 2 aromatic carbocycles. The number of benzene rings is 2. The average molecular weight is 436 g/mol. The number of carbonyl (C=O) groups excluding carboxylic acids is 1. The van der Waals surface area contributed by atoms with Crippen molar-refractivity contribution >= 4 is 38.7 Å². The summed E-state index contributed by atoms with van der Waals surface area (Å²) >= 11 is 7.26. The third-order valence-electron chi connectivity index (χ3n) is 4.16. The Hall–Kier alpha value is -2.35. The summed E-state index contributed by atoms with van der Waals surface area (Å²) < 4.78 is 31.5. The third-order valence-corrected chi connectivity index (χ3v) is 7.63. The van der Waals surface area contributed by atoms with Gasteiger partial charge in [-0.25, -0.2) is 8.42 Å². The molecule has 3 rings (SSSR count). The predicted octanol–water partition coefficient (Wildman–Crippen LogP) is 4.36. The molecule has 0 aliphatic carbocycles. The van der Waals surface area contributed by atoms with Gasteiger partial charge in [0.25, 0.3) is 5.91 Å². The molecule has 0 saturated carbocycles. The van der Waals surface area contributed by atoms with E-state index in [4.69, 9.17) is 16.3 Å². The quantitative estimate of drug-likeness (QED) is 0.598. The number of hydrogen-bond acceptors (Lipinski definition) is 5. The molecule has 5 nitrogen and oxygen atoms in total. The Morgan fingerprint density at radius 3 is 2.50 bits per heavy atom. The van der Waals surface area contributed by atoms with E-state index < -0.39 is 15.1 Å². The van der Waals surface area contributed by atoms with Crippen LogP contribution in [0.15, 0.2) is 70.9 Å². The summed E-state index contributed by atoms with van der Waals surface area (Å²) in [4.78, 5) is 13.3. The lowest BCUT2D eigenvalue weighted by atomic mass is 10.2. The number of rotatable bonds is 7. The Labute approximate surface area is 172 Å². The van der Waals surface area contributed by atoms with Crippen molar-refractivity contribution in [2.75, 3.05) is 13.7 Å². The summed E-state index contributed by atoms with van der Waals surface area (Å²) in [5.74, 6) is 0.190. The molecule has 0 radical (unpaired) electrons. The number of carbonyl (C=O) groups is 1. The maximum Gasteiger partial charge on any atom is 0.251 e. The van der Waals surface area contributed by atoms with Crippen LogP contribution in [0.4, 0.5) is 0 Å². The highest BCUT2D eigenvalue weighted by Gasteiger charge is 2.30. The van der Waals surface area contributed by atoms with Gasteiger partial charge < -0.3 is 10.1 Å². The first-order chi connectivity index (χ1) is 13.4. The van der Waals surface area contributed by atoms with E-state index in [9.17, 15) is 13.2 Å². The number of nitrogens with one attached hydrogen (secondary N) is 1. The second-order valence-electron chi connectivity index (χ2n) is 5.94. The Morgan fingerprint density at radius 2 is 1.89 bits per heavy atom. The van der Waals surface area contributed by atoms with Crippen LogP contribution in [-0.2, 0) is 9.84 Å². The number of thiophene rings is 1. The fourth-order valence-corrected chi connectivity index (χ4v) is 5.66. The Bertz CT molecular complexity index is 1050. The number of methoxy groups -OCH3 is 1. The van der Waals surface area contributed by atoms with Crippen LogP contribution in [0.1, 0.15) is 20.5 Å². The molecule has 1 N–H and O–H groups in total. The van der Waals surface area contributed by atoms with Crippen molar-refractivity contribution in [3.63, 3.8) is 0 Å². The molecule has 0 fully saturated rings. The van der Waals surface area contributed by atoms with E-state index in [0.717, 1.165) is 0 Å². The molecule has 0 bridgehead atoms. The molecule has 3 aromatic rings. The number of amides is 1. The van der Waals surface area contributed by atoms with Crippen LogP contribution in [0.3, 0.4) is 0 Å². The molecule has 0 aliphatic heterocycles. The predicted molar refractivity (Wildman–Crippen MR) is 111 cm³/mol. The maximum atomic E-state index is 13.2. The molecular weight excluding hydrogens is 418 g/mol. The van der Waals surface area contributed by atoms with Crippen LogP contribution in [0.25, 0.3) is 0 Å². The van der Waals surface area contributed by atoms with Gasteiger partial charge in [-0.2, -0.15) is 0 Å². The number of sulfone groups is 1. The van der Waals surface area contributed by atoms with Gasteiger partial charge in [-0.05, 0) is 53.9 Å². The van der Waals surface area contributed by atoms with Gasteiger partial charge in [0.05, 0.1) is 12.0 Å². The minimum atomic E-state index is -3.72. The van der Waals surface area contributed by atoms with Gasteiger partial charge in [0.15, 0.2) is 9.84 Å². The van der Waals surface area contributed by atoms with Gasteiger partial charge in [-0.3, -0.25) is 4.79 Å². The summed E-state index contributed by atoms with van der Waals surface area (Å²) in [6.07, 6.45) is 0. The van der Waals surface area contributed by atoms with Crippen LogP contribution in [-0.4, -0.2) is 28.0 Å². The molecule has 8 heteroatoms. The van der Waals surface area contributed by atoms with Crippen molar-refractivity contribution in [2.45, 2.75) is 10.1 Å². The van der Waals surface area contributed by atoms with E-state index in [1.54, 1.807) is 42.5 Å². The number of hydrogen-bond donors (Lipinski definition) is 1. The van der Waals surface area contributed by atoms with Gasteiger partial charge in [0.1, 0.15) is 11.0 Å². The van der Waals surface area contributed by atoms with Crippen molar-refractivity contribution in [2.24, 2.45) is 0 Å². The minimum absolute atomic E-state index is 0.0553. The van der Waals surface area contributed by atoms with Crippen LogP contribution in [0, 0.1) is 0 Å². The average Bonchev–Trinajstić information content (AvgIpc) is 3.22. The molecule has 1 aromatic heterocycles. The van der Waals surface area contributed by atoms with Crippen LogP contribution in [0.2, 0.25) is 5.02 Å². The number of halogens is 1. The molecule has 0 aliphatic rings. The smallest absolute Gasteiger partial charge is 0.251 e. The normalized spacial score (nSPS) is 12.4. The summed E-state index contributed by atoms with van der Waals surface area (Å²) in [6.45, 7) is -0.0553. The Balaban J connectivity index is 1.86. The highest BCUT2D eigenvalue weighted by molar-refractivity contribution is 7.91. The van der Waals surface area contributed by atoms with Gasteiger partial charge in [0.2, 0.25) is 0 Å². The second-order valence-corrected chi connectivity index (χ2v) is 9.49. The molecule has 1 atom stereocenters. The lowest BCUT2D eigenvalue weighted by molar-refractivity contribution is 0.0953. The van der Waals surface area contributed by atoms with E-state index >= 15 is 0 Å². The third kappa shape index (κ3) is 4.55. The SMILES string of the molecule is COc1ccc(S(=O)(=O)[C@@H](CNC(=O)c2cccc(Cl)c2)c2cccs2)cc1. The minimum Gasteiger partial charge on any atom is -0.497 e. The second kappa shape index (κ2) is 8.77. The van der Waals surface area contributed by atoms with Crippen LogP contribution < -0.4 is 10.1 Å². The molecule has 28 heavy (non-hydrogen) atoms. The molecular formula is C20H18ClNO4S2. The summed E-state index contributed by atoms with van der Waals surface area (Å²) in [5, 5.41) is 4.07. The van der Waals surface area contributed by atoms with Gasteiger partial charge in [0, 0.05) is 22.0 Å². The van der Waals surface area contributed by atoms with Crippen molar-refractivity contribution in [3.8, 4) is 5.75 Å². The van der Waals surface area contributed by atoms with E-state index in [1.807, 2.05) is 5.38 Å². The Morgan fingerprint density at radius 1 is 1.14 bits per heavy atom. The lowest BCUT2D eigenvalue weighted by Gasteiger charge is -2.18. The Kier molecular flexibility index (Phi) is 6.39. The highest BCUT2D eigenvalue weighted by atomic mass is 35.5. The zero-order chi connectivity index (χ0) is 20.1. The topological polar surface area (TPSA) is 72.5 Å². The fourth-order valence-electron chi connectivity index (χ4n) is 2.68. The highest BCUT2D eigenvalue weighted by Crippen LogP contribution is 2.32. The van der Waals surface area contributed by atoms with E-state index in [1.165, 1.54) is 36.6 Å². The summed E-state index contributed by atoms with van der Waals surface area (Å²) in [7, 11) is -2.20.